The van der Waals surface area contributed by atoms with Gasteiger partial charge in [-0.05, 0) is 30.0 Å². The minimum absolute atomic E-state index is 0. The smallest absolute Gasteiger partial charge is 0.191 e. The summed E-state index contributed by atoms with van der Waals surface area (Å²) < 4.78 is 31.8. The SMILES string of the molecule is CCc1noc(CC)c1CNC(=NC)NCC(C)c1ccc(F)c(F)c1.I. The minimum atomic E-state index is -0.835. The molecule has 1 atom stereocenters. The standard InChI is InChI=1S/C19H26F2N4O.HI/c1-5-17-14(18(6-2)26-25-17)11-24-19(22-4)23-10-12(3)13-7-8-15(20)16(21)9-13;/h7-9,12H,5-6,10-11H2,1-4H3,(H2,22,23,24);1H. The van der Waals surface area contributed by atoms with E-state index in [-0.39, 0.29) is 29.9 Å². The Hall–Kier alpha value is -1.71. The molecule has 2 rings (SSSR count). The van der Waals surface area contributed by atoms with Gasteiger partial charge in [0.05, 0.1) is 5.69 Å². The molecule has 0 aliphatic carbocycles. The molecule has 0 bridgehead atoms. The Kier molecular flexibility index (Phi) is 9.68. The Balaban J connectivity index is 0.00000364. The number of aromatic nitrogens is 1. The highest BCUT2D eigenvalue weighted by molar-refractivity contribution is 14.0. The molecule has 1 unspecified atom stereocenters. The molecule has 5 nitrogen and oxygen atoms in total. The van der Waals surface area contributed by atoms with Crippen molar-refractivity contribution in [2.24, 2.45) is 4.99 Å². The Morgan fingerprint density at radius 2 is 1.93 bits per heavy atom. The Morgan fingerprint density at radius 3 is 2.52 bits per heavy atom. The molecule has 2 N–H and O–H groups in total. The molecular formula is C19H27F2IN4O. The molecule has 0 aliphatic rings. The van der Waals surface area contributed by atoms with E-state index in [4.69, 9.17) is 4.52 Å². The second kappa shape index (κ2) is 11.2. The molecule has 8 heteroatoms. The van der Waals surface area contributed by atoms with E-state index in [1.807, 2.05) is 20.8 Å². The van der Waals surface area contributed by atoms with E-state index in [2.05, 4.69) is 20.8 Å². The number of hydrogen-bond acceptors (Lipinski definition) is 3. The third-order valence-electron chi connectivity index (χ3n) is 4.35. The number of benzene rings is 1. The molecule has 0 spiro atoms. The first-order chi connectivity index (χ1) is 12.5. The van der Waals surface area contributed by atoms with Crippen molar-refractivity contribution in [3.8, 4) is 0 Å². The van der Waals surface area contributed by atoms with Crippen LogP contribution in [0.15, 0.2) is 27.7 Å². The quantitative estimate of drug-likeness (QED) is 0.346. The number of nitrogens with zero attached hydrogens (tertiary/aromatic N) is 2. The predicted octanol–water partition coefficient (Wildman–Crippen LogP) is 4.16. The lowest BCUT2D eigenvalue weighted by Crippen LogP contribution is -2.38. The van der Waals surface area contributed by atoms with Crippen LogP contribution in [-0.4, -0.2) is 24.7 Å². The van der Waals surface area contributed by atoms with E-state index >= 15 is 0 Å². The van der Waals surface area contributed by atoms with E-state index in [0.717, 1.165) is 41.5 Å². The highest BCUT2D eigenvalue weighted by Gasteiger charge is 2.14. The van der Waals surface area contributed by atoms with Gasteiger partial charge in [-0.1, -0.05) is 32.0 Å². The highest BCUT2D eigenvalue weighted by Crippen LogP contribution is 2.18. The fourth-order valence-corrected chi connectivity index (χ4v) is 2.72. The third-order valence-corrected chi connectivity index (χ3v) is 4.35. The van der Waals surface area contributed by atoms with Gasteiger partial charge in [0.15, 0.2) is 17.6 Å². The van der Waals surface area contributed by atoms with Crippen molar-refractivity contribution in [1.82, 2.24) is 15.8 Å². The van der Waals surface area contributed by atoms with Gasteiger partial charge in [0.25, 0.3) is 0 Å². The van der Waals surface area contributed by atoms with Crippen LogP contribution in [0.3, 0.4) is 0 Å². The van der Waals surface area contributed by atoms with Crippen molar-refractivity contribution < 1.29 is 13.3 Å². The van der Waals surface area contributed by atoms with Crippen molar-refractivity contribution in [2.75, 3.05) is 13.6 Å². The molecule has 1 heterocycles. The van der Waals surface area contributed by atoms with Gasteiger partial charge in [0.2, 0.25) is 0 Å². The molecule has 150 valence electrons. The highest BCUT2D eigenvalue weighted by atomic mass is 127. The summed E-state index contributed by atoms with van der Waals surface area (Å²) in [5, 5.41) is 10.6. The lowest BCUT2D eigenvalue weighted by molar-refractivity contribution is 0.380. The van der Waals surface area contributed by atoms with Crippen molar-refractivity contribution in [3.05, 3.63) is 52.4 Å². The van der Waals surface area contributed by atoms with Crippen LogP contribution in [0.2, 0.25) is 0 Å². The second-order valence-corrected chi connectivity index (χ2v) is 6.12. The first-order valence-corrected chi connectivity index (χ1v) is 8.85. The first kappa shape index (κ1) is 23.3. The van der Waals surface area contributed by atoms with E-state index in [1.165, 1.54) is 6.07 Å². The summed E-state index contributed by atoms with van der Waals surface area (Å²) in [6, 6.07) is 3.98. The Morgan fingerprint density at radius 1 is 1.19 bits per heavy atom. The minimum Gasteiger partial charge on any atom is -0.361 e. The van der Waals surface area contributed by atoms with Gasteiger partial charge >= 0.3 is 0 Å². The Labute approximate surface area is 176 Å². The molecule has 0 fully saturated rings. The number of hydrogen-bond donors (Lipinski definition) is 2. The number of guanidine groups is 1. The van der Waals surface area contributed by atoms with E-state index in [1.54, 1.807) is 13.1 Å². The van der Waals surface area contributed by atoms with E-state index < -0.39 is 11.6 Å². The maximum atomic E-state index is 13.4. The zero-order valence-electron chi connectivity index (χ0n) is 16.1. The number of nitrogens with one attached hydrogen (secondary N) is 2. The molecule has 1 aromatic carbocycles. The van der Waals surface area contributed by atoms with Crippen molar-refractivity contribution in [1.29, 1.82) is 0 Å². The molecule has 1 aromatic heterocycles. The van der Waals surface area contributed by atoms with Crippen LogP contribution in [0.4, 0.5) is 8.78 Å². The molecule has 0 aliphatic heterocycles. The summed E-state index contributed by atoms with van der Waals surface area (Å²) in [7, 11) is 1.69. The van der Waals surface area contributed by atoms with Gasteiger partial charge < -0.3 is 15.2 Å². The maximum absolute atomic E-state index is 13.4. The average Bonchev–Trinajstić information content (AvgIpc) is 3.05. The fourth-order valence-electron chi connectivity index (χ4n) is 2.72. The molecule has 0 saturated heterocycles. The monoisotopic (exact) mass is 492 g/mol. The Bertz CT molecular complexity index is 743. The van der Waals surface area contributed by atoms with Crippen LogP contribution >= 0.6 is 24.0 Å². The van der Waals surface area contributed by atoms with Gasteiger partial charge in [0.1, 0.15) is 5.76 Å². The van der Waals surface area contributed by atoms with Crippen LogP contribution in [-0.2, 0) is 19.4 Å². The van der Waals surface area contributed by atoms with E-state index in [9.17, 15) is 8.78 Å². The molecule has 0 radical (unpaired) electrons. The van der Waals surface area contributed by atoms with Gasteiger partial charge in [-0.25, -0.2) is 8.78 Å². The number of halogens is 3. The summed E-state index contributed by atoms with van der Waals surface area (Å²) in [6.07, 6.45) is 1.59. The van der Waals surface area contributed by atoms with Crippen molar-refractivity contribution in [3.63, 3.8) is 0 Å². The predicted molar refractivity (Wildman–Crippen MR) is 114 cm³/mol. The average molecular weight is 492 g/mol. The summed E-state index contributed by atoms with van der Waals surface area (Å²) in [4.78, 5) is 4.21. The number of aryl methyl sites for hydroxylation is 2. The molecule has 0 saturated carbocycles. The molecule has 27 heavy (non-hydrogen) atoms. The van der Waals surface area contributed by atoms with Gasteiger partial charge in [-0.2, -0.15) is 0 Å². The fraction of sp³-hybridized carbons (Fsp3) is 0.474. The lowest BCUT2D eigenvalue weighted by atomic mass is 10.0. The maximum Gasteiger partial charge on any atom is 0.191 e. The summed E-state index contributed by atoms with van der Waals surface area (Å²) in [6.45, 7) is 7.11. The lowest BCUT2D eigenvalue weighted by Gasteiger charge is -2.16. The van der Waals surface area contributed by atoms with Crippen LogP contribution in [0.1, 0.15) is 49.3 Å². The normalized spacial score (nSPS) is 12.4. The molecular weight excluding hydrogens is 465 g/mol. The summed E-state index contributed by atoms with van der Waals surface area (Å²) >= 11 is 0. The number of aliphatic imine (C=N–C) groups is 1. The van der Waals surface area contributed by atoms with Crippen molar-refractivity contribution in [2.45, 2.75) is 46.1 Å². The van der Waals surface area contributed by atoms with Gasteiger partial charge in [-0.15, -0.1) is 24.0 Å². The topological polar surface area (TPSA) is 62.5 Å². The molecule has 0 amide bonds. The van der Waals surface area contributed by atoms with Crippen LogP contribution < -0.4 is 10.6 Å². The third kappa shape index (κ3) is 6.15. The van der Waals surface area contributed by atoms with E-state index in [0.29, 0.717) is 19.0 Å². The zero-order chi connectivity index (χ0) is 19.1. The summed E-state index contributed by atoms with van der Waals surface area (Å²) in [5.41, 5.74) is 2.74. The second-order valence-electron chi connectivity index (χ2n) is 6.12. The summed E-state index contributed by atoms with van der Waals surface area (Å²) in [5.74, 6) is -0.164. The largest absolute Gasteiger partial charge is 0.361 e. The number of rotatable bonds is 7. The molecule has 2 aromatic rings. The van der Waals surface area contributed by atoms with Crippen LogP contribution in [0.25, 0.3) is 0 Å². The van der Waals surface area contributed by atoms with Gasteiger partial charge in [0, 0.05) is 32.1 Å². The zero-order valence-corrected chi connectivity index (χ0v) is 18.4. The van der Waals surface area contributed by atoms with Gasteiger partial charge in [-0.3, -0.25) is 4.99 Å². The van der Waals surface area contributed by atoms with Crippen molar-refractivity contribution >= 4 is 29.9 Å². The first-order valence-electron chi connectivity index (χ1n) is 8.85. The van der Waals surface area contributed by atoms with Crippen LogP contribution in [0, 0.1) is 11.6 Å². The van der Waals surface area contributed by atoms with Crippen LogP contribution in [0.5, 0.6) is 0 Å².